The van der Waals surface area contributed by atoms with Crippen molar-refractivity contribution in [2.24, 2.45) is 5.73 Å². The van der Waals surface area contributed by atoms with E-state index in [1.807, 2.05) is 0 Å². The quantitative estimate of drug-likeness (QED) is 0.765. The Morgan fingerprint density at radius 1 is 1.11 bits per heavy atom. The van der Waals surface area contributed by atoms with E-state index < -0.39 is 0 Å². The Kier molecular flexibility index (Phi) is 7.46. The van der Waals surface area contributed by atoms with E-state index >= 15 is 0 Å². The predicted octanol–water partition coefficient (Wildman–Crippen LogP) is 4.33. The van der Waals surface area contributed by atoms with Crippen molar-refractivity contribution in [1.29, 1.82) is 0 Å². The molecule has 0 radical (unpaired) electrons. The zero-order valence-electron chi connectivity index (χ0n) is 11.1. The molecule has 2 nitrogen and oxygen atoms in total. The third-order valence-electron chi connectivity index (χ3n) is 3.01. The maximum atomic E-state index is 5.99. The van der Waals surface area contributed by atoms with Crippen LogP contribution in [-0.4, -0.2) is 24.5 Å². The molecule has 1 rings (SSSR count). The van der Waals surface area contributed by atoms with Crippen molar-refractivity contribution in [1.82, 2.24) is 4.90 Å². The van der Waals surface area contributed by atoms with E-state index in [4.69, 9.17) is 5.73 Å². The van der Waals surface area contributed by atoms with Crippen molar-refractivity contribution in [2.45, 2.75) is 32.7 Å². The molecule has 18 heavy (non-hydrogen) atoms. The van der Waals surface area contributed by atoms with Gasteiger partial charge in [-0.2, -0.15) is 0 Å². The van der Waals surface area contributed by atoms with E-state index in [0.717, 1.165) is 34.9 Å². The van der Waals surface area contributed by atoms with Gasteiger partial charge in [0.2, 0.25) is 0 Å². The summed E-state index contributed by atoms with van der Waals surface area (Å²) in [5, 5.41) is 0. The van der Waals surface area contributed by atoms with Gasteiger partial charge in [0.1, 0.15) is 0 Å². The van der Waals surface area contributed by atoms with Crippen LogP contribution in [0.2, 0.25) is 0 Å². The molecule has 0 saturated heterocycles. The first-order valence-electron chi connectivity index (χ1n) is 6.53. The molecule has 0 fully saturated rings. The number of benzene rings is 1. The molecule has 0 aliphatic rings. The summed E-state index contributed by atoms with van der Waals surface area (Å²) in [6, 6.07) is 6.72. The summed E-state index contributed by atoms with van der Waals surface area (Å²) in [5.74, 6) is 0. The van der Waals surface area contributed by atoms with Crippen LogP contribution in [0.1, 0.15) is 38.3 Å². The minimum absolute atomic E-state index is 0.314. The standard InChI is InChI=1S/C14H22Br2N2/c1-3-7-18(8-4-2)14(10-17)11-5-6-12(15)13(16)9-11/h5-6,9,14H,3-4,7-8,10,17H2,1-2H3. The molecular formula is C14H22Br2N2. The topological polar surface area (TPSA) is 29.3 Å². The fourth-order valence-corrected chi connectivity index (χ4v) is 2.86. The molecule has 4 heteroatoms. The number of nitrogens with two attached hydrogens (primary N) is 1. The molecule has 0 amide bonds. The van der Waals surface area contributed by atoms with Crippen molar-refractivity contribution in [3.63, 3.8) is 0 Å². The first-order valence-corrected chi connectivity index (χ1v) is 8.11. The van der Waals surface area contributed by atoms with Gasteiger partial charge < -0.3 is 5.73 Å². The number of halogens is 2. The third kappa shape index (κ3) is 4.34. The maximum Gasteiger partial charge on any atom is 0.0470 e. The molecule has 0 bridgehead atoms. The van der Waals surface area contributed by atoms with E-state index in [9.17, 15) is 0 Å². The van der Waals surface area contributed by atoms with Crippen LogP contribution in [0, 0.1) is 0 Å². The number of rotatable bonds is 7. The number of nitrogens with zero attached hydrogens (tertiary/aromatic N) is 1. The van der Waals surface area contributed by atoms with E-state index in [2.05, 4.69) is 68.8 Å². The molecule has 0 spiro atoms. The molecular weight excluding hydrogens is 356 g/mol. The van der Waals surface area contributed by atoms with Crippen LogP contribution in [0.5, 0.6) is 0 Å². The van der Waals surface area contributed by atoms with Crippen molar-refractivity contribution in [2.75, 3.05) is 19.6 Å². The second kappa shape index (κ2) is 8.31. The third-order valence-corrected chi connectivity index (χ3v) is 4.89. The van der Waals surface area contributed by atoms with Gasteiger partial charge in [-0.15, -0.1) is 0 Å². The smallest absolute Gasteiger partial charge is 0.0470 e. The maximum absolute atomic E-state index is 5.99. The fourth-order valence-electron chi connectivity index (χ4n) is 2.21. The SMILES string of the molecule is CCCN(CCC)C(CN)c1ccc(Br)c(Br)c1. The van der Waals surface area contributed by atoms with Gasteiger partial charge in [0, 0.05) is 21.5 Å². The molecule has 0 saturated carbocycles. The second-order valence-electron chi connectivity index (χ2n) is 4.46. The Bertz CT molecular complexity index is 363. The van der Waals surface area contributed by atoms with Crippen molar-refractivity contribution in [3.8, 4) is 0 Å². The van der Waals surface area contributed by atoms with Crippen LogP contribution in [0.25, 0.3) is 0 Å². The minimum Gasteiger partial charge on any atom is -0.329 e. The molecule has 1 aromatic rings. The van der Waals surface area contributed by atoms with E-state index in [1.54, 1.807) is 0 Å². The van der Waals surface area contributed by atoms with Crippen LogP contribution in [-0.2, 0) is 0 Å². The van der Waals surface area contributed by atoms with Gasteiger partial charge in [-0.05, 0) is 75.5 Å². The summed E-state index contributed by atoms with van der Waals surface area (Å²) in [6.45, 7) is 7.29. The predicted molar refractivity (Wildman–Crippen MR) is 85.8 cm³/mol. The molecule has 1 aromatic carbocycles. The lowest BCUT2D eigenvalue weighted by Crippen LogP contribution is -2.35. The van der Waals surface area contributed by atoms with Gasteiger partial charge in [-0.25, -0.2) is 0 Å². The van der Waals surface area contributed by atoms with Gasteiger partial charge in [0.15, 0.2) is 0 Å². The Labute approximate surface area is 127 Å². The molecule has 0 aromatic heterocycles. The van der Waals surface area contributed by atoms with Gasteiger partial charge in [0.25, 0.3) is 0 Å². The summed E-state index contributed by atoms with van der Waals surface area (Å²) < 4.78 is 2.17. The average molecular weight is 378 g/mol. The Morgan fingerprint density at radius 2 is 1.72 bits per heavy atom. The summed E-state index contributed by atoms with van der Waals surface area (Å²) in [7, 11) is 0. The highest BCUT2D eigenvalue weighted by molar-refractivity contribution is 9.13. The van der Waals surface area contributed by atoms with Gasteiger partial charge in [0.05, 0.1) is 0 Å². The molecule has 0 aliphatic heterocycles. The van der Waals surface area contributed by atoms with Crippen LogP contribution < -0.4 is 5.73 Å². The van der Waals surface area contributed by atoms with Crippen LogP contribution in [0.3, 0.4) is 0 Å². The molecule has 2 N–H and O–H groups in total. The van der Waals surface area contributed by atoms with Gasteiger partial charge in [-0.1, -0.05) is 19.9 Å². The van der Waals surface area contributed by atoms with Gasteiger partial charge in [-0.3, -0.25) is 4.90 Å². The normalized spacial score (nSPS) is 13.0. The summed E-state index contributed by atoms with van der Waals surface area (Å²) in [6.07, 6.45) is 2.32. The average Bonchev–Trinajstić information content (AvgIpc) is 2.35. The Hall–Kier alpha value is 0.1000. The van der Waals surface area contributed by atoms with Crippen LogP contribution >= 0.6 is 31.9 Å². The highest BCUT2D eigenvalue weighted by Gasteiger charge is 2.18. The summed E-state index contributed by atoms with van der Waals surface area (Å²) in [4.78, 5) is 2.48. The zero-order valence-corrected chi connectivity index (χ0v) is 14.3. The lowest BCUT2D eigenvalue weighted by atomic mass is 10.0. The van der Waals surface area contributed by atoms with Gasteiger partial charge >= 0.3 is 0 Å². The van der Waals surface area contributed by atoms with E-state index in [0.29, 0.717) is 12.6 Å². The number of hydrogen-bond donors (Lipinski definition) is 1. The molecule has 102 valence electrons. The summed E-state index contributed by atoms with van der Waals surface area (Å²) >= 11 is 7.07. The van der Waals surface area contributed by atoms with Crippen molar-refractivity contribution < 1.29 is 0 Å². The highest BCUT2D eigenvalue weighted by Crippen LogP contribution is 2.28. The molecule has 0 heterocycles. The van der Waals surface area contributed by atoms with E-state index in [-0.39, 0.29) is 0 Å². The highest BCUT2D eigenvalue weighted by atomic mass is 79.9. The van der Waals surface area contributed by atoms with E-state index in [1.165, 1.54) is 5.56 Å². The molecule has 1 atom stereocenters. The summed E-state index contributed by atoms with van der Waals surface area (Å²) in [5.41, 5.74) is 7.27. The monoisotopic (exact) mass is 376 g/mol. The lowest BCUT2D eigenvalue weighted by molar-refractivity contribution is 0.202. The second-order valence-corrected chi connectivity index (χ2v) is 6.17. The van der Waals surface area contributed by atoms with Crippen molar-refractivity contribution >= 4 is 31.9 Å². The minimum atomic E-state index is 0.314. The zero-order chi connectivity index (χ0) is 13.5. The van der Waals surface area contributed by atoms with Crippen LogP contribution in [0.15, 0.2) is 27.1 Å². The Morgan fingerprint density at radius 3 is 2.17 bits per heavy atom. The molecule has 0 aliphatic carbocycles. The van der Waals surface area contributed by atoms with Crippen LogP contribution in [0.4, 0.5) is 0 Å². The largest absolute Gasteiger partial charge is 0.329 e. The lowest BCUT2D eigenvalue weighted by Gasteiger charge is -2.31. The fraction of sp³-hybridized carbons (Fsp3) is 0.571. The number of hydrogen-bond acceptors (Lipinski definition) is 2. The first kappa shape index (κ1) is 16.2. The Balaban J connectivity index is 2.94. The first-order chi connectivity index (χ1) is 8.63. The van der Waals surface area contributed by atoms with Crippen molar-refractivity contribution in [3.05, 3.63) is 32.7 Å². The molecule has 1 unspecified atom stereocenters.